The Morgan fingerprint density at radius 2 is 2.17 bits per heavy atom. The van der Waals surface area contributed by atoms with E-state index in [0.717, 1.165) is 12.0 Å². The standard InChI is InChI=1S/C10H20N2/c1-10(2)6-8(7-12-10)9-4-3-5-11-9/h8-9,11-12H,3-7H2,1-2H3. The summed E-state index contributed by atoms with van der Waals surface area (Å²) >= 11 is 0. The Labute approximate surface area is 75.1 Å². The quantitative estimate of drug-likeness (QED) is 0.613. The van der Waals surface area contributed by atoms with Gasteiger partial charge in [-0.25, -0.2) is 0 Å². The van der Waals surface area contributed by atoms with Crippen LogP contribution >= 0.6 is 0 Å². The van der Waals surface area contributed by atoms with E-state index in [4.69, 9.17) is 0 Å². The van der Waals surface area contributed by atoms with Gasteiger partial charge in [0.25, 0.3) is 0 Å². The summed E-state index contributed by atoms with van der Waals surface area (Å²) in [5.74, 6) is 0.877. The lowest BCUT2D eigenvalue weighted by Crippen LogP contribution is -2.31. The molecule has 2 aliphatic heterocycles. The Hall–Kier alpha value is -0.0800. The van der Waals surface area contributed by atoms with Crippen LogP contribution in [0, 0.1) is 5.92 Å². The third kappa shape index (κ3) is 1.64. The van der Waals surface area contributed by atoms with Crippen molar-refractivity contribution in [2.45, 2.75) is 44.7 Å². The Morgan fingerprint density at radius 1 is 1.33 bits per heavy atom. The predicted octanol–water partition coefficient (Wildman–Crippen LogP) is 1.13. The van der Waals surface area contributed by atoms with Gasteiger partial charge in [-0.3, -0.25) is 0 Å². The van der Waals surface area contributed by atoms with Crippen LogP contribution in [0.3, 0.4) is 0 Å². The molecule has 0 radical (unpaired) electrons. The third-order valence-corrected chi connectivity index (χ3v) is 3.28. The molecule has 2 rings (SSSR count). The van der Waals surface area contributed by atoms with Crippen molar-refractivity contribution in [3.63, 3.8) is 0 Å². The average Bonchev–Trinajstić information content (AvgIpc) is 2.55. The fourth-order valence-electron chi connectivity index (χ4n) is 2.61. The predicted molar refractivity (Wildman–Crippen MR) is 51.2 cm³/mol. The van der Waals surface area contributed by atoms with Gasteiger partial charge in [0.05, 0.1) is 0 Å². The zero-order chi connectivity index (χ0) is 8.60. The average molecular weight is 168 g/mol. The van der Waals surface area contributed by atoms with Crippen molar-refractivity contribution in [1.82, 2.24) is 10.6 Å². The van der Waals surface area contributed by atoms with Crippen LogP contribution < -0.4 is 10.6 Å². The monoisotopic (exact) mass is 168 g/mol. The zero-order valence-corrected chi connectivity index (χ0v) is 8.19. The molecule has 0 aromatic rings. The van der Waals surface area contributed by atoms with Gasteiger partial charge >= 0.3 is 0 Å². The van der Waals surface area contributed by atoms with Crippen molar-refractivity contribution in [1.29, 1.82) is 0 Å². The fraction of sp³-hybridized carbons (Fsp3) is 1.00. The molecule has 0 aliphatic carbocycles. The van der Waals surface area contributed by atoms with Crippen LogP contribution in [-0.2, 0) is 0 Å². The lowest BCUT2D eigenvalue weighted by Gasteiger charge is -2.20. The van der Waals surface area contributed by atoms with Crippen LogP contribution in [0.1, 0.15) is 33.1 Å². The Balaban J connectivity index is 1.90. The number of hydrogen-bond acceptors (Lipinski definition) is 2. The van der Waals surface area contributed by atoms with Gasteiger partial charge in [-0.05, 0) is 45.6 Å². The molecule has 0 amide bonds. The first-order valence-electron chi connectivity index (χ1n) is 5.16. The van der Waals surface area contributed by atoms with Crippen molar-refractivity contribution in [2.75, 3.05) is 13.1 Å². The Kier molecular flexibility index (Phi) is 2.13. The summed E-state index contributed by atoms with van der Waals surface area (Å²) in [6.07, 6.45) is 4.11. The van der Waals surface area contributed by atoms with E-state index in [9.17, 15) is 0 Å². The van der Waals surface area contributed by atoms with E-state index in [1.807, 2.05) is 0 Å². The largest absolute Gasteiger partial charge is 0.314 e. The minimum atomic E-state index is 0.384. The number of nitrogens with one attached hydrogen (secondary N) is 2. The first-order chi connectivity index (χ1) is 5.67. The van der Waals surface area contributed by atoms with E-state index in [-0.39, 0.29) is 0 Å². The highest BCUT2D eigenvalue weighted by Crippen LogP contribution is 2.28. The van der Waals surface area contributed by atoms with E-state index >= 15 is 0 Å². The highest BCUT2D eigenvalue weighted by molar-refractivity contribution is 4.95. The summed E-state index contributed by atoms with van der Waals surface area (Å²) in [6, 6.07) is 0.805. The molecule has 2 unspecified atom stereocenters. The molecule has 2 heteroatoms. The van der Waals surface area contributed by atoms with Crippen LogP contribution in [0.15, 0.2) is 0 Å². The molecular weight excluding hydrogens is 148 g/mol. The second kappa shape index (κ2) is 3.00. The lowest BCUT2D eigenvalue weighted by atomic mass is 9.91. The molecule has 0 spiro atoms. The Bertz CT molecular complexity index is 159. The second-order valence-electron chi connectivity index (χ2n) is 4.93. The highest BCUT2D eigenvalue weighted by Gasteiger charge is 2.35. The molecule has 0 saturated carbocycles. The Morgan fingerprint density at radius 3 is 2.67 bits per heavy atom. The summed E-state index contributed by atoms with van der Waals surface area (Å²) in [5.41, 5.74) is 0.384. The molecule has 2 heterocycles. The van der Waals surface area contributed by atoms with Crippen LogP contribution in [0.2, 0.25) is 0 Å². The zero-order valence-electron chi connectivity index (χ0n) is 8.19. The molecule has 2 saturated heterocycles. The summed E-state index contributed by atoms with van der Waals surface area (Å²) in [7, 11) is 0. The minimum Gasteiger partial charge on any atom is -0.314 e. The van der Waals surface area contributed by atoms with E-state index in [1.54, 1.807) is 0 Å². The molecule has 0 aromatic heterocycles. The molecule has 2 N–H and O–H groups in total. The van der Waals surface area contributed by atoms with E-state index in [1.165, 1.54) is 32.4 Å². The summed E-state index contributed by atoms with van der Waals surface area (Å²) < 4.78 is 0. The van der Waals surface area contributed by atoms with Gasteiger partial charge < -0.3 is 10.6 Å². The first-order valence-corrected chi connectivity index (χ1v) is 5.16. The van der Waals surface area contributed by atoms with E-state index < -0.39 is 0 Å². The summed E-state index contributed by atoms with van der Waals surface area (Å²) in [6.45, 7) is 7.07. The molecule has 0 aromatic carbocycles. The van der Waals surface area contributed by atoms with Crippen molar-refractivity contribution in [3.8, 4) is 0 Å². The topological polar surface area (TPSA) is 24.1 Å². The maximum Gasteiger partial charge on any atom is 0.0128 e. The van der Waals surface area contributed by atoms with Crippen molar-refractivity contribution < 1.29 is 0 Å². The molecular formula is C10H20N2. The molecule has 12 heavy (non-hydrogen) atoms. The van der Waals surface area contributed by atoms with Crippen LogP contribution in [0.25, 0.3) is 0 Å². The van der Waals surface area contributed by atoms with Crippen molar-refractivity contribution >= 4 is 0 Å². The fourth-order valence-corrected chi connectivity index (χ4v) is 2.61. The molecule has 70 valence electrons. The second-order valence-corrected chi connectivity index (χ2v) is 4.93. The van der Waals surface area contributed by atoms with Crippen molar-refractivity contribution in [2.24, 2.45) is 5.92 Å². The highest BCUT2D eigenvalue weighted by atomic mass is 15.0. The maximum atomic E-state index is 3.60. The molecule has 2 aliphatic rings. The first kappa shape index (κ1) is 8.52. The van der Waals surface area contributed by atoms with Gasteiger partial charge in [0, 0.05) is 18.1 Å². The van der Waals surface area contributed by atoms with Gasteiger partial charge in [0.1, 0.15) is 0 Å². The van der Waals surface area contributed by atoms with Gasteiger partial charge in [-0.15, -0.1) is 0 Å². The number of rotatable bonds is 1. The van der Waals surface area contributed by atoms with Gasteiger partial charge in [-0.2, -0.15) is 0 Å². The third-order valence-electron chi connectivity index (χ3n) is 3.28. The maximum absolute atomic E-state index is 3.60. The number of hydrogen-bond donors (Lipinski definition) is 2. The molecule has 0 bridgehead atoms. The van der Waals surface area contributed by atoms with Crippen LogP contribution in [0.5, 0.6) is 0 Å². The lowest BCUT2D eigenvalue weighted by molar-refractivity contribution is 0.385. The summed E-state index contributed by atoms with van der Waals surface area (Å²) in [4.78, 5) is 0. The van der Waals surface area contributed by atoms with Gasteiger partial charge in [0.2, 0.25) is 0 Å². The minimum absolute atomic E-state index is 0.384. The van der Waals surface area contributed by atoms with E-state index in [2.05, 4.69) is 24.5 Å². The molecule has 2 atom stereocenters. The van der Waals surface area contributed by atoms with Gasteiger partial charge in [0.15, 0.2) is 0 Å². The van der Waals surface area contributed by atoms with E-state index in [0.29, 0.717) is 5.54 Å². The smallest absolute Gasteiger partial charge is 0.0128 e. The molecule has 2 fully saturated rings. The molecule has 2 nitrogen and oxygen atoms in total. The van der Waals surface area contributed by atoms with Crippen LogP contribution in [0.4, 0.5) is 0 Å². The normalized spacial score (nSPS) is 40.5. The van der Waals surface area contributed by atoms with Gasteiger partial charge in [-0.1, -0.05) is 0 Å². The van der Waals surface area contributed by atoms with Crippen LogP contribution in [-0.4, -0.2) is 24.7 Å². The summed E-state index contributed by atoms with van der Waals surface area (Å²) in [5, 5.41) is 7.18. The SMILES string of the molecule is CC1(C)CC(C2CCCN2)CN1. The van der Waals surface area contributed by atoms with Crippen molar-refractivity contribution in [3.05, 3.63) is 0 Å².